The van der Waals surface area contributed by atoms with Crippen LogP contribution in [0.15, 0.2) is 18.2 Å². The summed E-state index contributed by atoms with van der Waals surface area (Å²) in [6.07, 6.45) is -1.52. The van der Waals surface area contributed by atoms with Gasteiger partial charge in [-0.1, -0.05) is 19.1 Å². The summed E-state index contributed by atoms with van der Waals surface area (Å²) in [7, 11) is 0. The third kappa shape index (κ3) is 3.55. The van der Waals surface area contributed by atoms with E-state index in [1.54, 1.807) is 6.07 Å². The first-order valence-electron chi connectivity index (χ1n) is 6.68. The van der Waals surface area contributed by atoms with E-state index in [1.165, 1.54) is 4.90 Å². The molecular formula is C14H19F3N2. The molecule has 0 aliphatic carbocycles. The maximum atomic E-state index is 12.7. The average molecular weight is 272 g/mol. The molecule has 0 atom stereocenters. The first-order valence-corrected chi connectivity index (χ1v) is 6.68. The summed E-state index contributed by atoms with van der Waals surface area (Å²) in [4.78, 5) is 1.43. The zero-order chi connectivity index (χ0) is 13.9. The van der Waals surface area contributed by atoms with E-state index < -0.39 is 12.7 Å². The normalized spacial score (nSPS) is 14.7. The van der Waals surface area contributed by atoms with Crippen molar-refractivity contribution in [2.24, 2.45) is 0 Å². The highest BCUT2D eigenvalue weighted by atomic mass is 19.4. The van der Waals surface area contributed by atoms with Crippen LogP contribution in [0.3, 0.4) is 0 Å². The Balaban J connectivity index is 2.30. The van der Waals surface area contributed by atoms with Gasteiger partial charge < -0.3 is 10.2 Å². The molecular weight excluding hydrogens is 253 g/mol. The van der Waals surface area contributed by atoms with Crippen LogP contribution < -0.4 is 10.2 Å². The van der Waals surface area contributed by atoms with Crippen LogP contribution in [0.2, 0.25) is 0 Å². The lowest BCUT2D eigenvalue weighted by molar-refractivity contribution is -0.119. The van der Waals surface area contributed by atoms with Crippen molar-refractivity contribution in [3.63, 3.8) is 0 Å². The number of aryl methyl sites for hydroxylation is 1. The Morgan fingerprint density at radius 3 is 2.79 bits per heavy atom. The molecule has 1 aromatic rings. The minimum atomic E-state index is -4.17. The molecule has 0 unspecified atom stereocenters. The maximum Gasteiger partial charge on any atom is 0.405 e. The number of nitrogens with one attached hydrogen (secondary N) is 1. The van der Waals surface area contributed by atoms with Gasteiger partial charge in [0.25, 0.3) is 0 Å². The van der Waals surface area contributed by atoms with Gasteiger partial charge in [0.05, 0.1) is 11.4 Å². The topological polar surface area (TPSA) is 15.3 Å². The zero-order valence-corrected chi connectivity index (χ0v) is 11.1. The Morgan fingerprint density at radius 2 is 2.11 bits per heavy atom. The maximum absolute atomic E-state index is 12.7. The molecule has 106 valence electrons. The molecule has 1 aliphatic heterocycles. The summed E-state index contributed by atoms with van der Waals surface area (Å²) in [6, 6.07) is 5.61. The average Bonchev–Trinajstić information content (AvgIpc) is 2.36. The minimum Gasteiger partial charge on any atom is -0.383 e. The van der Waals surface area contributed by atoms with Crippen molar-refractivity contribution in [2.75, 3.05) is 29.9 Å². The Bertz CT molecular complexity index is 429. The van der Waals surface area contributed by atoms with Crippen LogP contribution in [0.5, 0.6) is 0 Å². The number of nitrogens with zero attached hydrogens (tertiary/aromatic N) is 1. The van der Waals surface area contributed by atoms with Crippen molar-refractivity contribution < 1.29 is 13.2 Å². The molecule has 0 spiro atoms. The molecule has 19 heavy (non-hydrogen) atoms. The fourth-order valence-electron chi connectivity index (χ4n) is 2.53. The number of halogens is 3. The van der Waals surface area contributed by atoms with Crippen molar-refractivity contribution in [1.29, 1.82) is 0 Å². The fourth-order valence-corrected chi connectivity index (χ4v) is 2.53. The quantitative estimate of drug-likeness (QED) is 0.896. The summed E-state index contributed by atoms with van der Waals surface area (Å²) < 4.78 is 38.1. The Morgan fingerprint density at radius 1 is 1.32 bits per heavy atom. The van der Waals surface area contributed by atoms with E-state index in [0.717, 1.165) is 30.6 Å². The number of hydrogen-bond donors (Lipinski definition) is 1. The molecule has 1 aliphatic rings. The summed E-state index contributed by atoms with van der Waals surface area (Å²) in [5, 5.41) is 3.25. The molecule has 0 radical (unpaired) electrons. The molecule has 2 rings (SSSR count). The van der Waals surface area contributed by atoms with Gasteiger partial charge in [-0.2, -0.15) is 13.2 Å². The van der Waals surface area contributed by atoms with Gasteiger partial charge >= 0.3 is 6.18 Å². The first-order chi connectivity index (χ1) is 9.01. The highest BCUT2D eigenvalue weighted by molar-refractivity contribution is 5.74. The summed E-state index contributed by atoms with van der Waals surface area (Å²) in [5.41, 5.74) is 2.68. The second kappa shape index (κ2) is 5.72. The van der Waals surface area contributed by atoms with E-state index >= 15 is 0 Å². The standard InChI is InChI=1S/C14H19F3N2/c1-2-9-19(10-14(15,16)17)12-7-3-5-11-6-4-8-18-13(11)12/h3,5,7,18H,2,4,6,8-10H2,1H3. The molecule has 0 aromatic heterocycles. The number of fused-ring (bicyclic) bond motifs is 1. The lowest BCUT2D eigenvalue weighted by atomic mass is 10.0. The smallest absolute Gasteiger partial charge is 0.383 e. The number of rotatable bonds is 4. The van der Waals surface area contributed by atoms with Gasteiger partial charge in [0, 0.05) is 13.1 Å². The molecule has 5 heteroatoms. The van der Waals surface area contributed by atoms with Crippen LogP contribution >= 0.6 is 0 Å². The Labute approximate surface area is 111 Å². The van der Waals surface area contributed by atoms with Crippen molar-refractivity contribution in [1.82, 2.24) is 0 Å². The van der Waals surface area contributed by atoms with Crippen LogP contribution in [0.25, 0.3) is 0 Å². The number of para-hydroxylation sites is 1. The first kappa shape index (κ1) is 14.0. The molecule has 1 aromatic carbocycles. The van der Waals surface area contributed by atoms with Crippen LogP contribution in [0, 0.1) is 0 Å². The van der Waals surface area contributed by atoms with Gasteiger partial charge in [-0.05, 0) is 30.9 Å². The van der Waals surface area contributed by atoms with Crippen molar-refractivity contribution in [3.8, 4) is 0 Å². The Hall–Kier alpha value is -1.39. The van der Waals surface area contributed by atoms with Crippen LogP contribution in [-0.2, 0) is 6.42 Å². The van der Waals surface area contributed by atoms with Crippen molar-refractivity contribution in [2.45, 2.75) is 32.4 Å². The van der Waals surface area contributed by atoms with Crippen molar-refractivity contribution in [3.05, 3.63) is 23.8 Å². The van der Waals surface area contributed by atoms with Gasteiger partial charge in [0.2, 0.25) is 0 Å². The van der Waals surface area contributed by atoms with Gasteiger partial charge in [-0.25, -0.2) is 0 Å². The largest absolute Gasteiger partial charge is 0.405 e. The predicted molar refractivity (Wildman–Crippen MR) is 71.8 cm³/mol. The van der Waals surface area contributed by atoms with Crippen molar-refractivity contribution >= 4 is 11.4 Å². The molecule has 0 saturated carbocycles. The van der Waals surface area contributed by atoms with E-state index in [4.69, 9.17) is 0 Å². The lowest BCUT2D eigenvalue weighted by Gasteiger charge is -2.30. The molecule has 1 N–H and O–H groups in total. The van der Waals surface area contributed by atoms with Crippen LogP contribution in [-0.4, -0.2) is 25.8 Å². The molecule has 0 saturated heterocycles. The number of anilines is 2. The molecule has 2 nitrogen and oxygen atoms in total. The number of benzene rings is 1. The van der Waals surface area contributed by atoms with E-state index in [-0.39, 0.29) is 0 Å². The zero-order valence-electron chi connectivity index (χ0n) is 11.1. The van der Waals surface area contributed by atoms with E-state index in [2.05, 4.69) is 5.32 Å². The number of alkyl halides is 3. The summed E-state index contributed by atoms with van der Waals surface area (Å²) in [5.74, 6) is 0. The fraction of sp³-hybridized carbons (Fsp3) is 0.571. The van der Waals surface area contributed by atoms with Gasteiger partial charge in [-0.15, -0.1) is 0 Å². The third-order valence-electron chi connectivity index (χ3n) is 3.26. The van der Waals surface area contributed by atoms with E-state index in [9.17, 15) is 13.2 Å². The monoisotopic (exact) mass is 272 g/mol. The second-order valence-electron chi connectivity index (χ2n) is 4.88. The van der Waals surface area contributed by atoms with Gasteiger partial charge in [0.1, 0.15) is 6.54 Å². The highest BCUT2D eigenvalue weighted by Crippen LogP contribution is 2.34. The lowest BCUT2D eigenvalue weighted by Crippen LogP contribution is -2.35. The van der Waals surface area contributed by atoms with Crippen LogP contribution in [0.4, 0.5) is 24.5 Å². The molecule has 0 amide bonds. The summed E-state index contributed by atoms with van der Waals surface area (Å²) in [6.45, 7) is 2.25. The van der Waals surface area contributed by atoms with E-state index in [1.807, 2.05) is 19.1 Å². The van der Waals surface area contributed by atoms with Crippen LogP contribution in [0.1, 0.15) is 25.3 Å². The second-order valence-corrected chi connectivity index (χ2v) is 4.88. The molecule has 1 heterocycles. The Kier molecular flexibility index (Phi) is 4.22. The highest BCUT2D eigenvalue weighted by Gasteiger charge is 2.31. The third-order valence-corrected chi connectivity index (χ3v) is 3.26. The summed E-state index contributed by atoms with van der Waals surface area (Å²) >= 11 is 0. The molecule has 0 fully saturated rings. The number of hydrogen-bond acceptors (Lipinski definition) is 2. The minimum absolute atomic E-state index is 0.414. The molecule has 0 bridgehead atoms. The SMILES string of the molecule is CCCN(CC(F)(F)F)c1cccc2c1NCCC2. The van der Waals surface area contributed by atoms with E-state index in [0.29, 0.717) is 18.7 Å². The van der Waals surface area contributed by atoms with Gasteiger partial charge in [-0.3, -0.25) is 0 Å². The van der Waals surface area contributed by atoms with Gasteiger partial charge in [0.15, 0.2) is 0 Å². The predicted octanol–water partition coefficient (Wildman–Crippen LogP) is 3.82.